The van der Waals surface area contributed by atoms with Crippen molar-refractivity contribution in [1.29, 1.82) is 0 Å². The Morgan fingerprint density at radius 2 is 2.11 bits per heavy atom. The summed E-state index contributed by atoms with van der Waals surface area (Å²) >= 11 is 0. The van der Waals surface area contributed by atoms with E-state index in [0.717, 1.165) is 18.3 Å². The second-order valence-electron chi connectivity index (χ2n) is 5.07. The van der Waals surface area contributed by atoms with Crippen molar-refractivity contribution in [3.05, 3.63) is 24.2 Å². The van der Waals surface area contributed by atoms with E-state index in [1.54, 1.807) is 13.3 Å². The van der Waals surface area contributed by atoms with Gasteiger partial charge in [-0.25, -0.2) is 0 Å². The summed E-state index contributed by atoms with van der Waals surface area (Å²) in [6.07, 6.45) is 1.67. The predicted molar refractivity (Wildman–Crippen MR) is 74.7 cm³/mol. The fourth-order valence-corrected chi connectivity index (χ4v) is 1.26. The van der Waals surface area contributed by atoms with Gasteiger partial charge in [-0.15, -0.1) is 0 Å². The van der Waals surface area contributed by atoms with E-state index in [-0.39, 0.29) is 5.54 Å². The lowest BCUT2D eigenvalue weighted by atomic mass is 10.0. The van der Waals surface area contributed by atoms with Gasteiger partial charge in [0.15, 0.2) is 5.96 Å². The van der Waals surface area contributed by atoms with E-state index < -0.39 is 0 Å². The van der Waals surface area contributed by atoms with Crippen LogP contribution in [0.3, 0.4) is 0 Å². The summed E-state index contributed by atoms with van der Waals surface area (Å²) < 4.78 is 5.26. The second-order valence-corrected chi connectivity index (χ2v) is 5.07. The SMILES string of the molecule is CN=C(NCc1ccco1)NCC(C)(C)N(C)C. The summed E-state index contributed by atoms with van der Waals surface area (Å²) in [7, 11) is 5.90. The van der Waals surface area contributed by atoms with Crippen molar-refractivity contribution in [3.8, 4) is 0 Å². The summed E-state index contributed by atoms with van der Waals surface area (Å²) in [5.41, 5.74) is 0.0717. The number of aliphatic imine (C=N–C) groups is 1. The number of hydrogen-bond donors (Lipinski definition) is 2. The first-order valence-electron chi connectivity index (χ1n) is 6.10. The Balaban J connectivity index is 2.39. The van der Waals surface area contributed by atoms with Crippen molar-refractivity contribution >= 4 is 5.96 Å². The van der Waals surface area contributed by atoms with Crippen LogP contribution >= 0.6 is 0 Å². The Bertz CT molecular complexity index is 368. The van der Waals surface area contributed by atoms with Gasteiger partial charge >= 0.3 is 0 Å². The maximum Gasteiger partial charge on any atom is 0.191 e. The van der Waals surface area contributed by atoms with Crippen molar-refractivity contribution in [2.45, 2.75) is 25.9 Å². The molecule has 0 aliphatic carbocycles. The molecule has 0 amide bonds. The number of nitrogens with zero attached hydrogens (tertiary/aromatic N) is 2. The zero-order chi connectivity index (χ0) is 13.6. The highest BCUT2D eigenvalue weighted by atomic mass is 16.3. The van der Waals surface area contributed by atoms with Gasteiger partial charge in [-0.1, -0.05) is 0 Å². The molecule has 1 aromatic rings. The van der Waals surface area contributed by atoms with E-state index in [4.69, 9.17) is 4.42 Å². The third-order valence-electron chi connectivity index (χ3n) is 3.13. The van der Waals surface area contributed by atoms with E-state index in [0.29, 0.717) is 6.54 Å². The molecule has 0 saturated carbocycles. The minimum Gasteiger partial charge on any atom is -0.467 e. The molecule has 5 nitrogen and oxygen atoms in total. The number of guanidine groups is 1. The zero-order valence-electron chi connectivity index (χ0n) is 11.9. The van der Waals surface area contributed by atoms with E-state index >= 15 is 0 Å². The molecule has 0 bridgehead atoms. The lowest BCUT2D eigenvalue weighted by Crippen LogP contribution is -2.50. The van der Waals surface area contributed by atoms with Crippen LogP contribution in [0.4, 0.5) is 0 Å². The molecule has 0 aliphatic rings. The van der Waals surface area contributed by atoms with Crippen molar-refractivity contribution in [2.75, 3.05) is 27.7 Å². The molecule has 0 atom stereocenters. The van der Waals surface area contributed by atoms with Gasteiger partial charge in [0.2, 0.25) is 0 Å². The average molecular weight is 252 g/mol. The van der Waals surface area contributed by atoms with Gasteiger partial charge in [0, 0.05) is 19.1 Å². The molecule has 2 N–H and O–H groups in total. The smallest absolute Gasteiger partial charge is 0.191 e. The molecule has 18 heavy (non-hydrogen) atoms. The van der Waals surface area contributed by atoms with Gasteiger partial charge in [0.25, 0.3) is 0 Å². The maximum absolute atomic E-state index is 5.26. The molecular weight excluding hydrogens is 228 g/mol. The van der Waals surface area contributed by atoms with Crippen LogP contribution in [-0.2, 0) is 6.54 Å². The van der Waals surface area contributed by atoms with Crippen LogP contribution < -0.4 is 10.6 Å². The van der Waals surface area contributed by atoms with Crippen molar-refractivity contribution in [1.82, 2.24) is 15.5 Å². The number of likely N-dealkylation sites (N-methyl/N-ethyl adjacent to an activating group) is 1. The minimum absolute atomic E-state index is 0.0717. The number of rotatable bonds is 5. The fraction of sp³-hybridized carbons (Fsp3) is 0.615. The predicted octanol–water partition coefficient (Wildman–Crippen LogP) is 1.28. The summed E-state index contributed by atoms with van der Waals surface area (Å²) in [5.74, 6) is 1.67. The second kappa shape index (κ2) is 6.44. The minimum atomic E-state index is 0.0717. The maximum atomic E-state index is 5.26. The molecule has 1 heterocycles. The molecule has 0 radical (unpaired) electrons. The standard InChI is InChI=1S/C13H24N4O/c1-13(2,17(4)5)10-16-12(14-3)15-9-11-7-6-8-18-11/h6-8H,9-10H2,1-5H3,(H2,14,15,16). The average Bonchev–Trinajstić information content (AvgIpc) is 2.82. The fourth-order valence-electron chi connectivity index (χ4n) is 1.26. The molecule has 0 fully saturated rings. The quantitative estimate of drug-likeness (QED) is 0.612. The van der Waals surface area contributed by atoms with E-state index in [1.165, 1.54) is 0 Å². The third-order valence-corrected chi connectivity index (χ3v) is 3.13. The molecule has 0 saturated heterocycles. The molecule has 102 valence electrons. The van der Waals surface area contributed by atoms with Crippen LogP contribution in [0.1, 0.15) is 19.6 Å². The van der Waals surface area contributed by atoms with E-state index in [9.17, 15) is 0 Å². The van der Waals surface area contributed by atoms with Gasteiger partial charge in [-0.05, 0) is 40.1 Å². The van der Waals surface area contributed by atoms with Gasteiger partial charge in [0.05, 0.1) is 12.8 Å². The molecule has 0 spiro atoms. The van der Waals surface area contributed by atoms with E-state index in [1.807, 2.05) is 12.1 Å². The number of hydrogen-bond acceptors (Lipinski definition) is 3. The zero-order valence-corrected chi connectivity index (χ0v) is 11.9. The Kier molecular flexibility index (Phi) is 5.22. The van der Waals surface area contributed by atoms with E-state index in [2.05, 4.69) is 48.5 Å². The lowest BCUT2D eigenvalue weighted by Gasteiger charge is -2.33. The molecule has 0 aromatic carbocycles. The number of furan rings is 1. The van der Waals surface area contributed by atoms with Crippen LogP contribution in [0.25, 0.3) is 0 Å². The summed E-state index contributed by atoms with van der Waals surface area (Å²) in [6.45, 7) is 5.81. The van der Waals surface area contributed by atoms with Gasteiger partial charge < -0.3 is 20.0 Å². The highest BCUT2D eigenvalue weighted by Crippen LogP contribution is 2.07. The van der Waals surface area contributed by atoms with Crippen molar-refractivity contribution in [2.24, 2.45) is 4.99 Å². The van der Waals surface area contributed by atoms with Crippen LogP contribution in [0.5, 0.6) is 0 Å². The summed E-state index contributed by atoms with van der Waals surface area (Å²) in [4.78, 5) is 6.36. The van der Waals surface area contributed by atoms with Crippen LogP contribution in [0.15, 0.2) is 27.8 Å². The van der Waals surface area contributed by atoms with Gasteiger partial charge in [0.1, 0.15) is 5.76 Å². The molecular formula is C13H24N4O. The van der Waals surface area contributed by atoms with Crippen molar-refractivity contribution < 1.29 is 4.42 Å². The summed E-state index contributed by atoms with van der Waals surface area (Å²) in [6, 6.07) is 3.81. The molecule has 0 aliphatic heterocycles. The van der Waals surface area contributed by atoms with Crippen LogP contribution in [0.2, 0.25) is 0 Å². The topological polar surface area (TPSA) is 52.8 Å². The summed E-state index contributed by atoms with van der Waals surface area (Å²) in [5, 5.41) is 6.52. The Morgan fingerprint density at radius 1 is 1.39 bits per heavy atom. The first-order chi connectivity index (χ1) is 8.45. The normalized spacial score (nSPS) is 12.9. The molecule has 1 rings (SSSR count). The third kappa shape index (κ3) is 4.41. The first kappa shape index (κ1) is 14.6. The Hall–Kier alpha value is -1.49. The van der Waals surface area contributed by atoms with Gasteiger partial charge in [-0.3, -0.25) is 4.99 Å². The highest BCUT2D eigenvalue weighted by molar-refractivity contribution is 5.79. The molecule has 0 unspecified atom stereocenters. The number of nitrogens with one attached hydrogen (secondary N) is 2. The van der Waals surface area contributed by atoms with Crippen LogP contribution in [-0.4, -0.2) is 44.1 Å². The Morgan fingerprint density at radius 3 is 2.61 bits per heavy atom. The molecule has 5 heteroatoms. The van der Waals surface area contributed by atoms with Crippen LogP contribution in [0, 0.1) is 0 Å². The Labute approximate surface area is 109 Å². The molecule has 1 aromatic heterocycles. The van der Waals surface area contributed by atoms with Crippen molar-refractivity contribution in [3.63, 3.8) is 0 Å². The monoisotopic (exact) mass is 252 g/mol. The highest BCUT2D eigenvalue weighted by Gasteiger charge is 2.20. The van der Waals surface area contributed by atoms with Gasteiger partial charge in [-0.2, -0.15) is 0 Å². The largest absolute Gasteiger partial charge is 0.467 e. The lowest BCUT2D eigenvalue weighted by molar-refractivity contribution is 0.197. The first-order valence-corrected chi connectivity index (χ1v) is 6.10.